The minimum atomic E-state index is -0.539. The van der Waals surface area contributed by atoms with Crippen LogP contribution in [0, 0.1) is 5.82 Å². The fourth-order valence-corrected chi connectivity index (χ4v) is 0.997. The smallest absolute Gasteiger partial charge is 0.324 e. The number of aryl methyl sites for hydroxylation is 1. The third-order valence-electron chi connectivity index (χ3n) is 1.69. The molecule has 0 saturated carbocycles. The van der Waals surface area contributed by atoms with Crippen molar-refractivity contribution in [1.82, 2.24) is 0 Å². The number of nitrogens with two attached hydrogens (primary N) is 1. The number of carbonyl (C=O) groups excluding carboxylic acids is 1. The predicted octanol–water partition coefficient (Wildman–Crippen LogP) is 1.18. The summed E-state index contributed by atoms with van der Waals surface area (Å²) < 4.78 is 13.0. The molecule has 0 heterocycles. The first-order valence-corrected chi connectivity index (χ1v) is 3.87. The van der Waals surface area contributed by atoms with E-state index in [-0.39, 0.29) is 12.2 Å². The Hall–Kier alpha value is -1.42. The van der Waals surface area contributed by atoms with Crippen molar-refractivity contribution in [2.45, 2.75) is 12.8 Å². The Morgan fingerprint density at radius 1 is 1.46 bits per heavy atom. The summed E-state index contributed by atoms with van der Waals surface area (Å²) in [4.78, 5) is 14.6. The SMILES string of the molecule is NOC(=O)CCc1ccccc1F. The third kappa shape index (κ3) is 2.83. The van der Waals surface area contributed by atoms with E-state index in [1.54, 1.807) is 18.2 Å². The van der Waals surface area contributed by atoms with Gasteiger partial charge < -0.3 is 4.84 Å². The van der Waals surface area contributed by atoms with Gasteiger partial charge in [-0.2, -0.15) is 5.90 Å². The van der Waals surface area contributed by atoms with Gasteiger partial charge in [-0.1, -0.05) is 18.2 Å². The van der Waals surface area contributed by atoms with Crippen molar-refractivity contribution >= 4 is 5.97 Å². The molecule has 1 aromatic carbocycles. The van der Waals surface area contributed by atoms with Crippen molar-refractivity contribution in [3.8, 4) is 0 Å². The quantitative estimate of drug-likeness (QED) is 0.716. The number of hydrogen-bond donors (Lipinski definition) is 1. The summed E-state index contributed by atoms with van der Waals surface area (Å²) in [5.74, 6) is 3.78. The molecule has 13 heavy (non-hydrogen) atoms. The lowest BCUT2D eigenvalue weighted by Gasteiger charge is -2.00. The summed E-state index contributed by atoms with van der Waals surface area (Å²) in [5.41, 5.74) is 0.493. The van der Waals surface area contributed by atoms with Crippen LogP contribution >= 0.6 is 0 Å². The van der Waals surface area contributed by atoms with E-state index in [1.807, 2.05) is 0 Å². The van der Waals surface area contributed by atoms with Crippen LogP contribution in [0.15, 0.2) is 24.3 Å². The Morgan fingerprint density at radius 3 is 2.77 bits per heavy atom. The van der Waals surface area contributed by atoms with Crippen molar-refractivity contribution in [3.63, 3.8) is 0 Å². The fourth-order valence-electron chi connectivity index (χ4n) is 0.997. The zero-order valence-electron chi connectivity index (χ0n) is 7.00. The van der Waals surface area contributed by atoms with Gasteiger partial charge in [0.25, 0.3) is 0 Å². The van der Waals surface area contributed by atoms with E-state index in [4.69, 9.17) is 0 Å². The van der Waals surface area contributed by atoms with Crippen LogP contribution in [0.3, 0.4) is 0 Å². The van der Waals surface area contributed by atoms with E-state index < -0.39 is 5.97 Å². The first-order chi connectivity index (χ1) is 6.24. The van der Waals surface area contributed by atoms with Crippen molar-refractivity contribution < 1.29 is 14.0 Å². The first kappa shape index (κ1) is 9.67. The lowest BCUT2D eigenvalue weighted by molar-refractivity contribution is -0.144. The summed E-state index contributed by atoms with van der Waals surface area (Å²) in [6.07, 6.45) is 0.403. The van der Waals surface area contributed by atoms with E-state index in [9.17, 15) is 9.18 Å². The number of carbonyl (C=O) groups is 1. The Bertz CT molecular complexity index is 301. The molecule has 4 heteroatoms. The number of halogens is 1. The summed E-state index contributed by atoms with van der Waals surface area (Å²) in [7, 11) is 0. The zero-order valence-corrected chi connectivity index (χ0v) is 7.00. The highest BCUT2D eigenvalue weighted by Crippen LogP contribution is 2.08. The highest BCUT2D eigenvalue weighted by Gasteiger charge is 2.04. The van der Waals surface area contributed by atoms with Gasteiger partial charge in [-0.05, 0) is 18.1 Å². The van der Waals surface area contributed by atoms with Gasteiger partial charge in [-0.25, -0.2) is 4.39 Å². The lowest BCUT2D eigenvalue weighted by atomic mass is 10.1. The number of rotatable bonds is 3. The fraction of sp³-hybridized carbons (Fsp3) is 0.222. The van der Waals surface area contributed by atoms with Gasteiger partial charge in [-0.3, -0.25) is 4.79 Å². The standard InChI is InChI=1S/C9H10FNO2/c10-8-4-2-1-3-7(8)5-6-9(12)13-11/h1-4H,5-6,11H2. The second kappa shape index (κ2) is 4.57. The number of hydrogen-bond acceptors (Lipinski definition) is 3. The predicted molar refractivity (Wildman–Crippen MR) is 45.0 cm³/mol. The minimum absolute atomic E-state index is 0.0947. The van der Waals surface area contributed by atoms with Gasteiger partial charge in [0.15, 0.2) is 0 Å². The molecule has 0 radical (unpaired) electrons. The summed E-state index contributed by atoms with van der Waals surface area (Å²) in [5, 5.41) is 0. The molecule has 3 nitrogen and oxygen atoms in total. The topological polar surface area (TPSA) is 52.3 Å². The van der Waals surface area contributed by atoms with Crippen molar-refractivity contribution in [2.75, 3.05) is 0 Å². The molecule has 0 spiro atoms. The molecule has 2 N–H and O–H groups in total. The lowest BCUT2D eigenvalue weighted by Crippen LogP contribution is -2.10. The van der Waals surface area contributed by atoms with Gasteiger partial charge in [0.1, 0.15) is 5.82 Å². The summed E-state index contributed by atoms with van der Waals surface area (Å²) >= 11 is 0. The van der Waals surface area contributed by atoms with Crippen LogP contribution in [-0.2, 0) is 16.1 Å². The Labute approximate surface area is 75.3 Å². The Balaban J connectivity index is 2.54. The van der Waals surface area contributed by atoms with Gasteiger partial charge in [-0.15, -0.1) is 0 Å². The first-order valence-electron chi connectivity index (χ1n) is 3.87. The van der Waals surface area contributed by atoms with Gasteiger partial charge >= 0.3 is 5.97 Å². The van der Waals surface area contributed by atoms with Crippen LogP contribution in [0.25, 0.3) is 0 Å². The highest BCUT2D eigenvalue weighted by molar-refractivity contribution is 5.69. The highest BCUT2D eigenvalue weighted by atomic mass is 19.1. The van der Waals surface area contributed by atoms with Crippen LogP contribution in [0.2, 0.25) is 0 Å². The summed E-state index contributed by atoms with van der Waals surface area (Å²) in [6.45, 7) is 0. The second-order valence-electron chi connectivity index (χ2n) is 2.58. The molecule has 0 aromatic heterocycles. The molecule has 70 valence electrons. The van der Waals surface area contributed by atoms with Crippen LogP contribution in [-0.4, -0.2) is 5.97 Å². The largest absolute Gasteiger partial charge is 0.373 e. The van der Waals surface area contributed by atoms with Crippen LogP contribution in [0.4, 0.5) is 4.39 Å². The molecule has 0 bridgehead atoms. The van der Waals surface area contributed by atoms with E-state index >= 15 is 0 Å². The zero-order chi connectivity index (χ0) is 9.68. The molecule has 0 unspecified atom stereocenters. The second-order valence-corrected chi connectivity index (χ2v) is 2.58. The van der Waals surface area contributed by atoms with E-state index in [1.165, 1.54) is 6.07 Å². The molecule has 0 aliphatic heterocycles. The Kier molecular flexibility index (Phi) is 3.40. The van der Waals surface area contributed by atoms with Crippen molar-refractivity contribution in [3.05, 3.63) is 35.6 Å². The molecule has 0 fully saturated rings. The third-order valence-corrected chi connectivity index (χ3v) is 1.69. The van der Waals surface area contributed by atoms with Crippen molar-refractivity contribution in [1.29, 1.82) is 0 Å². The van der Waals surface area contributed by atoms with Gasteiger partial charge in [0.05, 0.1) is 6.42 Å². The maximum atomic E-state index is 13.0. The molecule has 1 rings (SSSR count). The van der Waals surface area contributed by atoms with Gasteiger partial charge in [0, 0.05) is 0 Å². The summed E-state index contributed by atoms with van der Waals surface area (Å²) in [6, 6.07) is 6.29. The van der Waals surface area contributed by atoms with Gasteiger partial charge in [0.2, 0.25) is 0 Å². The maximum Gasteiger partial charge on any atom is 0.324 e. The minimum Gasteiger partial charge on any atom is -0.373 e. The monoisotopic (exact) mass is 183 g/mol. The van der Waals surface area contributed by atoms with Crippen LogP contribution in [0.1, 0.15) is 12.0 Å². The Morgan fingerprint density at radius 2 is 2.15 bits per heavy atom. The van der Waals surface area contributed by atoms with E-state index in [0.29, 0.717) is 12.0 Å². The number of benzene rings is 1. The average Bonchev–Trinajstić information content (AvgIpc) is 2.16. The molecule has 0 saturated heterocycles. The van der Waals surface area contributed by atoms with E-state index in [0.717, 1.165) is 0 Å². The van der Waals surface area contributed by atoms with Crippen LogP contribution < -0.4 is 5.90 Å². The van der Waals surface area contributed by atoms with E-state index in [2.05, 4.69) is 10.7 Å². The maximum absolute atomic E-state index is 13.0. The van der Waals surface area contributed by atoms with Crippen molar-refractivity contribution in [2.24, 2.45) is 5.90 Å². The normalized spacial score (nSPS) is 9.69. The molecule has 0 aliphatic carbocycles. The molecule has 0 amide bonds. The van der Waals surface area contributed by atoms with Crippen LogP contribution in [0.5, 0.6) is 0 Å². The average molecular weight is 183 g/mol. The molecule has 0 aliphatic rings. The molecule has 0 atom stereocenters. The molecular weight excluding hydrogens is 173 g/mol. The molecule has 1 aromatic rings. The molecular formula is C9H10FNO2.